The van der Waals surface area contributed by atoms with E-state index in [0.717, 1.165) is 37.1 Å². The van der Waals surface area contributed by atoms with Gasteiger partial charge in [0.1, 0.15) is 4.21 Å². The molecule has 2 heterocycles. The zero-order valence-electron chi connectivity index (χ0n) is 12.3. The third-order valence-corrected chi connectivity index (χ3v) is 7.28. The van der Waals surface area contributed by atoms with Crippen molar-refractivity contribution in [1.82, 2.24) is 9.62 Å². The second kappa shape index (κ2) is 7.02. The average Bonchev–Trinajstić information content (AvgIpc) is 3.06. The predicted octanol–water partition coefficient (Wildman–Crippen LogP) is 2.32. The molecule has 0 spiro atoms. The molecule has 0 radical (unpaired) electrons. The first-order chi connectivity index (χ1) is 9.57. The normalized spacial score (nSPS) is 20.6. The quantitative estimate of drug-likeness (QED) is 0.840. The number of hydrogen-bond acceptors (Lipinski definition) is 4. The fourth-order valence-corrected chi connectivity index (χ4v) is 5.71. The molecular weight excluding hydrogens is 292 g/mol. The van der Waals surface area contributed by atoms with Gasteiger partial charge in [0.25, 0.3) is 10.0 Å². The lowest BCUT2D eigenvalue weighted by atomic mass is 10.0. The summed E-state index contributed by atoms with van der Waals surface area (Å²) in [5, 5.41) is 3.09. The molecule has 0 amide bonds. The number of nitrogens with zero attached hydrogens (tertiary/aromatic N) is 1. The van der Waals surface area contributed by atoms with E-state index >= 15 is 0 Å². The molecule has 1 aromatic heterocycles. The number of rotatable bonds is 7. The molecule has 2 rings (SSSR count). The van der Waals surface area contributed by atoms with E-state index < -0.39 is 10.0 Å². The number of nitrogens with one attached hydrogen (secondary N) is 1. The van der Waals surface area contributed by atoms with Crippen LogP contribution in [0.3, 0.4) is 0 Å². The summed E-state index contributed by atoms with van der Waals surface area (Å²) in [4.78, 5) is 1.13. The summed E-state index contributed by atoms with van der Waals surface area (Å²) in [6.45, 7) is 4.41. The molecule has 0 saturated carbocycles. The van der Waals surface area contributed by atoms with E-state index in [2.05, 4.69) is 12.2 Å². The Morgan fingerprint density at radius 3 is 2.95 bits per heavy atom. The first kappa shape index (κ1) is 15.9. The highest BCUT2D eigenvalue weighted by atomic mass is 32.2. The first-order valence-corrected chi connectivity index (χ1v) is 9.57. The van der Waals surface area contributed by atoms with Crippen molar-refractivity contribution in [1.29, 1.82) is 0 Å². The van der Waals surface area contributed by atoms with Crippen molar-refractivity contribution in [2.24, 2.45) is 5.92 Å². The summed E-state index contributed by atoms with van der Waals surface area (Å²) in [5.74, 6) is 0.540. The topological polar surface area (TPSA) is 49.4 Å². The van der Waals surface area contributed by atoms with Crippen LogP contribution in [0.1, 0.15) is 31.1 Å². The average molecular weight is 316 g/mol. The van der Waals surface area contributed by atoms with Crippen LogP contribution in [0, 0.1) is 5.92 Å². The fourth-order valence-electron chi connectivity index (χ4n) is 2.67. The van der Waals surface area contributed by atoms with Crippen LogP contribution in [-0.2, 0) is 16.4 Å². The van der Waals surface area contributed by atoms with Gasteiger partial charge >= 0.3 is 0 Å². The second-order valence-electron chi connectivity index (χ2n) is 5.38. The van der Waals surface area contributed by atoms with Crippen LogP contribution < -0.4 is 5.32 Å². The monoisotopic (exact) mass is 316 g/mol. The van der Waals surface area contributed by atoms with Crippen LogP contribution in [0.15, 0.2) is 16.3 Å². The molecule has 114 valence electrons. The van der Waals surface area contributed by atoms with Gasteiger partial charge in [0.15, 0.2) is 0 Å². The Morgan fingerprint density at radius 1 is 1.45 bits per heavy atom. The van der Waals surface area contributed by atoms with Gasteiger partial charge < -0.3 is 5.32 Å². The maximum Gasteiger partial charge on any atom is 0.252 e. The Bertz CT molecular complexity index is 525. The van der Waals surface area contributed by atoms with Crippen LogP contribution >= 0.6 is 11.3 Å². The first-order valence-electron chi connectivity index (χ1n) is 7.31. The van der Waals surface area contributed by atoms with E-state index in [0.29, 0.717) is 23.2 Å². The second-order valence-corrected chi connectivity index (χ2v) is 8.71. The highest BCUT2D eigenvalue weighted by Gasteiger charge is 2.32. The van der Waals surface area contributed by atoms with Gasteiger partial charge in [-0.15, -0.1) is 11.3 Å². The largest absolute Gasteiger partial charge is 0.319 e. The summed E-state index contributed by atoms with van der Waals surface area (Å²) < 4.78 is 27.4. The van der Waals surface area contributed by atoms with E-state index in [1.807, 2.05) is 13.1 Å². The fraction of sp³-hybridized carbons (Fsp3) is 0.714. The highest BCUT2D eigenvalue weighted by Crippen LogP contribution is 2.30. The van der Waals surface area contributed by atoms with Crippen LogP contribution in [0.25, 0.3) is 0 Å². The number of thiophene rings is 1. The molecule has 4 nitrogen and oxygen atoms in total. The standard InChI is InChI=1S/C14H24N2O2S2/c1-3-4-12-8-10-16(11-12)20(17,18)14-6-5-13(19-14)7-9-15-2/h5-6,12,15H,3-4,7-11H2,1-2H3. The summed E-state index contributed by atoms with van der Waals surface area (Å²) in [5.41, 5.74) is 0. The van der Waals surface area contributed by atoms with Crippen molar-refractivity contribution in [2.45, 2.75) is 36.8 Å². The maximum absolute atomic E-state index is 12.6. The summed E-state index contributed by atoms with van der Waals surface area (Å²) in [6.07, 6.45) is 4.15. The molecule has 1 aliphatic rings. The Hall–Kier alpha value is -0.430. The van der Waals surface area contributed by atoms with Gasteiger partial charge in [-0.25, -0.2) is 8.42 Å². The Balaban J connectivity index is 2.05. The molecule has 1 unspecified atom stereocenters. The minimum absolute atomic E-state index is 0.501. The van der Waals surface area contributed by atoms with Crippen LogP contribution in [0.4, 0.5) is 0 Å². The molecule has 1 N–H and O–H groups in total. The minimum atomic E-state index is -3.26. The lowest BCUT2D eigenvalue weighted by Crippen LogP contribution is -2.28. The Kier molecular flexibility index (Phi) is 5.60. The SMILES string of the molecule is CCCC1CCN(S(=O)(=O)c2ccc(CCNC)s2)C1. The Labute approximate surface area is 126 Å². The number of likely N-dealkylation sites (N-methyl/N-ethyl adjacent to an activating group) is 1. The maximum atomic E-state index is 12.6. The number of sulfonamides is 1. The van der Waals surface area contributed by atoms with E-state index in [-0.39, 0.29) is 0 Å². The molecule has 1 aromatic rings. The van der Waals surface area contributed by atoms with Gasteiger partial charge in [-0.3, -0.25) is 0 Å². The van der Waals surface area contributed by atoms with Gasteiger partial charge in [0.05, 0.1) is 0 Å². The van der Waals surface area contributed by atoms with Gasteiger partial charge in [0.2, 0.25) is 0 Å². The van der Waals surface area contributed by atoms with Crippen LogP contribution in [-0.4, -0.2) is 39.4 Å². The van der Waals surface area contributed by atoms with Crippen molar-refractivity contribution in [3.05, 3.63) is 17.0 Å². The van der Waals surface area contributed by atoms with Crippen LogP contribution in [0.5, 0.6) is 0 Å². The van der Waals surface area contributed by atoms with Crippen molar-refractivity contribution in [3.63, 3.8) is 0 Å². The zero-order chi connectivity index (χ0) is 14.6. The predicted molar refractivity (Wildman–Crippen MR) is 83.7 cm³/mol. The van der Waals surface area contributed by atoms with Gasteiger partial charge in [-0.05, 0) is 50.9 Å². The molecule has 1 fully saturated rings. The van der Waals surface area contributed by atoms with Gasteiger partial charge in [-0.1, -0.05) is 13.3 Å². The molecule has 1 aliphatic heterocycles. The molecule has 6 heteroatoms. The van der Waals surface area contributed by atoms with E-state index in [4.69, 9.17) is 0 Å². The van der Waals surface area contributed by atoms with Crippen LogP contribution in [0.2, 0.25) is 0 Å². The molecule has 1 atom stereocenters. The summed E-state index contributed by atoms with van der Waals surface area (Å²) in [6, 6.07) is 3.70. The molecular formula is C14H24N2O2S2. The van der Waals surface area contributed by atoms with E-state index in [9.17, 15) is 8.42 Å². The highest BCUT2D eigenvalue weighted by molar-refractivity contribution is 7.91. The zero-order valence-corrected chi connectivity index (χ0v) is 13.9. The van der Waals surface area contributed by atoms with Gasteiger partial charge in [-0.2, -0.15) is 4.31 Å². The molecule has 20 heavy (non-hydrogen) atoms. The summed E-state index contributed by atoms with van der Waals surface area (Å²) in [7, 11) is -1.36. The van der Waals surface area contributed by atoms with Crippen molar-refractivity contribution >= 4 is 21.4 Å². The molecule has 0 bridgehead atoms. The lowest BCUT2D eigenvalue weighted by Gasteiger charge is -2.15. The third kappa shape index (κ3) is 3.61. The van der Waals surface area contributed by atoms with E-state index in [1.54, 1.807) is 10.4 Å². The molecule has 1 saturated heterocycles. The van der Waals surface area contributed by atoms with Crippen molar-refractivity contribution in [2.75, 3.05) is 26.7 Å². The minimum Gasteiger partial charge on any atom is -0.319 e. The lowest BCUT2D eigenvalue weighted by molar-refractivity contribution is 0.446. The smallest absolute Gasteiger partial charge is 0.252 e. The van der Waals surface area contributed by atoms with Crippen molar-refractivity contribution < 1.29 is 8.42 Å². The third-order valence-electron chi connectivity index (χ3n) is 3.80. The molecule has 0 aromatic carbocycles. The van der Waals surface area contributed by atoms with Gasteiger partial charge in [0, 0.05) is 18.0 Å². The van der Waals surface area contributed by atoms with E-state index in [1.165, 1.54) is 11.3 Å². The molecule has 0 aliphatic carbocycles. The summed E-state index contributed by atoms with van der Waals surface area (Å²) >= 11 is 1.41. The number of hydrogen-bond donors (Lipinski definition) is 1. The van der Waals surface area contributed by atoms with Crippen molar-refractivity contribution in [3.8, 4) is 0 Å². The Morgan fingerprint density at radius 2 is 2.25 bits per heavy atom.